The number of sulfone groups is 1. The molecule has 0 aliphatic heterocycles. The molecule has 8 nitrogen and oxygen atoms in total. The number of hydrogen-bond acceptors (Lipinski definition) is 6. The highest BCUT2D eigenvalue weighted by Gasteiger charge is 2.27. The molecule has 0 aliphatic rings. The molecule has 0 heterocycles. The number of hydrogen-bond donors (Lipinski definition) is 1. The Hall–Kier alpha value is -2.43. The van der Waals surface area contributed by atoms with Crippen LogP contribution in [-0.4, -0.2) is 47.5 Å². The minimum atomic E-state index is -3.90. The molecule has 0 unspecified atom stereocenters. The summed E-state index contributed by atoms with van der Waals surface area (Å²) in [4.78, 5) is 11.5. The first-order valence-corrected chi connectivity index (χ1v) is 11.9. The number of carbonyl (C=O) groups excluding carboxylic acids is 1. The van der Waals surface area contributed by atoms with Crippen LogP contribution in [0.2, 0.25) is 0 Å². The lowest BCUT2D eigenvalue weighted by atomic mass is 10.1. The van der Waals surface area contributed by atoms with Crippen molar-refractivity contribution in [2.75, 3.05) is 25.7 Å². The molecule has 29 heavy (non-hydrogen) atoms. The van der Waals surface area contributed by atoms with Gasteiger partial charge in [-0.15, -0.1) is 0 Å². The van der Waals surface area contributed by atoms with E-state index in [1.54, 1.807) is 19.1 Å². The maximum absolute atomic E-state index is 13.1. The Kier molecular flexibility index (Phi) is 6.71. The number of ether oxygens (including phenoxy) is 1. The molecule has 1 atom stereocenters. The SMILES string of the molecule is COc1ccc(S(=O)(=O)N(C)[C@@H](C)c2ccc(S(C)(=O)=O)cc2)cc1NC(C)=O. The summed E-state index contributed by atoms with van der Waals surface area (Å²) < 4.78 is 55.7. The predicted octanol–water partition coefficient (Wildman–Crippen LogP) is 2.44. The number of nitrogens with zero attached hydrogens (tertiary/aromatic N) is 1. The van der Waals surface area contributed by atoms with Crippen LogP contribution < -0.4 is 10.1 Å². The maximum atomic E-state index is 13.1. The standard InChI is InChI=1S/C19H24N2O6S2/c1-13(15-6-8-16(9-7-15)28(5,23)24)21(3)29(25,26)17-10-11-19(27-4)18(12-17)20-14(2)22/h6-13H,1-5H3,(H,20,22)/t13-/m0/s1. The summed E-state index contributed by atoms with van der Waals surface area (Å²) in [5, 5.41) is 2.55. The Labute approximate surface area is 171 Å². The second-order valence-corrected chi connectivity index (χ2v) is 10.6. The van der Waals surface area contributed by atoms with E-state index in [2.05, 4.69) is 5.32 Å². The molecule has 0 fully saturated rings. The third-order valence-electron chi connectivity index (χ3n) is 4.49. The number of amides is 1. The van der Waals surface area contributed by atoms with Crippen LogP contribution in [0.15, 0.2) is 52.3 Å². The highest BCUT2D eigenvalue weighted by atomic mass is 32.2. The van der Waals surface area contributed by atoms with Gasteiger partial charge in [0.2, 0.25) is 15.9 Å². The molecule has 158 valence electrons. The van der Waals surface area contributed by atoms with Gasteiger partial charge < -0.3 is 10.1 Å². The van der Waals surface area contributed by atoms with E-state index in [0.29, 0.717) is 11.3 Å². The summed E-state index contributed by atoms with van der Waals surface area (Å²) >= 11 is 0. The van der Waals surface area contributed by atoms with Crippen molar-refractivity contribution in [3.05, 3.63) is 48.0 Å². The normalized spacial score (nSPS) is 13.2. The summed E-state index contributed by atoms with van der Waals surface area (Å²) in [5.74, 6) is -0.0169. The highest BCUT2D eigenvalue weighted by Crippen LogP contribution is 2.31. The fourth-order valence-corrected chi connectivity index (χ4v) is 4.72. The van der Waals surface area contributed by atoms with E-state index in [9.17, 15) is 21.6 Å². The van der Waals surface area contributed by atoms with Crippen LogP contribution in [0.3, 0.4) is 0 Å². The number of sulfonamides is 1. The van der Waals surface area contributed by atoms with Crippen LogP contribution >= 0.6 is 0 Å². The van der Waals surface area contributed by atoms with Gasteiger partial charge in [0.05, 0.1) is 22.6 Å². The maximum Gasteiger partial charge on any atom is 0.243 e. The largest absolute Gasteiger partial charge is 0.495 e. The lowest BCUT2D eigenvalue weighted by molar-refractivity contribution is -0.114. The summed E-state index contributed by atoms with van der Waals surface area (Å²) in [6, 6.07) is 9.72. The monoisotopic (exact) mass is 440 g/mol. The molecule has 1 N–H and O–H groups in total. The first-order valence-electron chi connectivity index (χ1n) is 8.61. The first kappa shape index (κ1) is 22.9. The van der Waals surface area contributed by atoms with Gasteiger partial charge in [0.25, 0.3) is 0 Å². The van der Waals surface area contributed by atoms with E-state index >= 15 is 0 Å². The van der Waals surface area contributed by atoms with Gasteiger partial charge in [0.1, 0.15) is 5.75 Å². The van der Waals surface area contributed by atoms with Gasteiger partial charge >= 0.3 is 0 Å². The molecule has 0 aliphatic carbocycles. The van der Waals surface area contributed by atoms with Crippen LogP contribution in [0.25, 0.3) is 0 Å². The fourth-order valence-electron chi connectivity index (χ4n) is 2.71. The number of nitrogens with one attached hydrogen (secondary N) is 1. The number of carbonyl (C=O) groups is 1. The summed E-state index contributed by atoms with van der Waals surface area (Å²) in [6.07, 6.45) is 1.11. The zero-order valence-electron chi connectivity index (χ0n) is 16.8. The van der Waals surface area contributed by atoms with Crippen molar-refractivity contribution in [3.8, 4) is 5.75 Å². The van der Waals surface area contributed by atoms with Gasteiger partial charge in [-0.25, -0.2) is 16.8 Å². The Balaban J connectivity index is 2.38. The summed E-state index contributed by atoms with van der Waals surface area (Å²) in [7, 11) is -4.38. The second kappa shape index (κ2) is 8.52. The average molecular weight is 441 g/mol. The van der Waals surface area contributed by atoms with E-state index in [1.165, 1.54) is 55.7 Å². The van der Waals surface area contributed by atoms with Gasteiger partial charge in [0.15, 0.2) is 9.84 Å². The van der Waals surface area contributed by atoms with Crippen molar-refractivity contribution in [1.29, 1.82) is 0 Å². The van der Waals surface area contributed by atoms with Crippen LogP contribution in [0.5, 0.6) is 5.75 Å². The van der Waals surface area contributed by atoms with Crippen molar-refractivity contribution in [2.45, 2.75) is 29.7 Å². The predicted molar refractivity (Wildman–Crippen MR) is 110 cm³/mol. The van der Waals surface area contributed by atoms with Crippen molar-refractivity contribution < 1.29 is 26.4 Å². The quantitative estimate of drug-likeness (QED) is 0.708. The van der Waals surface area contributed by atoms with Crippen LogP contribution in [0.1, 0.15) is 25.5 Å². The first-order chi connectivity index (χ1) is 13.4. The molecule has 2 rings (SSSR count). The van der Waals surface area contributed by atoms with E-state index in [-0.39, 0.29) is 21.4 Å². The molecular weight excluding hydrogens is 416 g/mol. The van der Waals surface area contributed by atoms with Crippen LogP contribution in [0, 0.1) is 0 Å². The second-order valence-electron chi connectivity index (χ2n) is 6.58. The fraction of sp³-hybridized carbons (Fsp3) is 0.316. The molecule has 10 heteroatoms. The lowest BCUT2D eigenvalue weighted by Crippen LogP contribution is -2.30. The smallest absolute Gasteiger partial charge is 0.243 e. The van der Waals surface area contributed by atoms with E-state index in [0.717, 1.165) is 6.26 Å². The van der Waals surface area contributed by atoms with E-state index in [4.69, 9.17) is 4.74 Å². The number of anilines is 1. The lowest BCUT2D eigenvalue weighted by Gasteiger charge is -2.25. The molecule has 0 saturated carbocycles. The van der Waals surface area contributed by atoms with Gasteiger partial charge in [-0.1, -0.05) is 12.1 Å². The number of benzene rings is 2. The average Bonchev–Trinajstić information content (AvgIpc) is 2.65. The molecule has 0 bridgehead atoms. The molecule has 0 radical (unpaired) electrons. The Morgan fingerprint density at radius 3 is 2.07 bits per heavy atom. The topological polar surface area (TPSA) is 110 Å². The summed E-state index contributed by atoms with van der Waals surface area (Å²) in [5.41, 5.74) is 0.888. The number of rotatable bonds is 7. The molecule has 2 aromatic rings. The van der Waals surface area contributed by atoms with Crippen molar-refractivity contribution in [1.82, 2.24) is 4.31 Å². The molecule has 2 aromatic carbocycles. The van der Waals surface area contributed by atoms with E-state index in [1.807, 2.05) is 0 Å². The molecule has 1 amide bonds. The molecule has 0 spiro atoms. The zero-order chi connectivity index (χ0) is 22.0. The Morgan fingerprint density at radius 2 is 1.59 bits per heavy atom. The summed E-state index contributed by atoms with van der Waals surface area (Å²) in [6.45, 7) is 3.01. The molecule has 0 saturated heterocycles. The minimum Gasteiger partial charge on any atom is -0.495 e. The Bertz CT molecular complexity index is 1110. The third kappa shape index (κ3) is 5.14. The van der Waals surface area contributed by atoms with Gasteiger partial charge in [-0.05, 0) is 42.8 Å². The number of methoxy groups -OCH3 is 1. The van der Waals surface area contributed by atoms with Crippen molar-refractivity contribution >= 4 is 31.5 Å². The van der Waals surface area contributed by atoms with Gasteiger partial charge in [-0.2, -0.15) is 4.31 Å². The zero-order valence-corrected chi connectivity index (χ0v) is 18.5. The van der Waals surface area contributed by atoms with E-state index < -0.39 is 25.9 Å². The van der Waals surface area contributed by atoms with Crippen molar-refractivity contribution in [2.24, 2.45) is 0 Å². The third-order valence-corrected chi connectivity index (χ3v) is 7.55. The minimum absolute atomic E-state index is 0.0100. The molecular formula is C19H24N2O6S2. The Morgan fingerprint density at radius 1 is 1.03 bits per heavy atom. The molecule has 0 aromatic heterocycles. The van der Waals surface area contributed by atoms with Crippen molar-refractivity contribution in [3.63, 3.8) is 0 Å². The van der Waals surface area contributed by atoms with Crippen LogP contribution in [0.4, 0.5) is 5.69 Å². The van der Waals surface area contributed by atoms with Gasteiger partial charge in [-0.3, -0.25) is 4.79 Å². The highest BCUT2D eigenvalue weighted by molar-refractivity contribution is 7.90. The van der Waals surface area contributed by atoms with Crippen LogP contribution in [-0.2, 0) is 24.7 Å². The van der Waals surface area contributed by atoms with Gasteiger partial charge in [0, 0.05) is 26.3 Å².